The van der Waals surface area contributed by atoms with Crippen LogP contribution in [0, 0.1) is 0 Å². The minimum atomic E-state index is 0.254. The fourth-order valence-electron chi connectivity index (χ4n) is 2.59. The maximum absolute atomic E-state index is 8.97. The van der Waals surface area contributed by atoms with Gasteiger partial charge in [0, 0.05) is 6.61 Å². The zero-order valence-corrected chi connectivity index (χ0v) is 10.3. The monoisotopic (exact) mass is 236 g/mol. The number of hydrogen-bond acceptors (Lipinski definition) is 1. The highest BCUT2D eigenvalue weighted by Gasteiger charge is 2.03. The third kappa shape index (κ3) is 1.87. The summed E-state index contributed by atoms with van der Waals surface area (Å²) in [6.45, 7) is 0.254. The van der Waals surface area contributed by atoms with Gasteiger partial charge < -0.3 is 5.11 Å². The first-order valence-electron chi connectivity index (χ1n) is 6.40. The van der Waals surface area contributed by atoms with E-state index in [0.717, 1.165) is 12.8 Å². The summed E-state index contributed by atoms with van der Waals surface area (Å²) in [6.07, 6.45) is 1.76. The molecule has 0 radical (unpaired) electrons. The van der Waals surface area contributed by atoms with Crippen LogP contribution in [0.15, 0.2) is 54.6 Å². The molecule has 0 saturated heterocycles. The van der Waals surface area contributed by atoms with E-state index in [2.05, 4.69) is 54.6 Å². The van der Waals surface area contributed by atoms with Crippen LogP contribution >= 0.6 is 0 Å². The summed E-state index contributed by atoms with van der Waals surface area (Å²) in [6, 6.07) is 19.3. The molecule has 0 heterocycles. The second kappa shape index (κ2) is 4.79. The van der Waals surface area contributed by atoms with Gasteiger partial charge in [0.1, 0.15) is 0 Å². The Morgan fingerprint density at radius 2 is 1.56 bits per heavy atom. The molecule has 0 fully saturated rings. The van der Waals surface area contributed by atoms with Crippen molar-refractivity contribution in [2.75, 3.05) is 6.61 Å². The molecule has 1 N–H and O–H groups in total. The number of benzene rings is 3. The molecular formula is C17H16O. The second-order valence-corrected chi connectivity index (χ2v) is 4.63. The van der Waals surface area contributed by atoms with Crippen molar-refractivity contribution in [3.05, 3.63) is 60.2 Å². The van der Waals surface area contributed by atoms with Gasteiger partial charge in [-0.05, 0) is 39.9 Å². The highest BCUT2D eigenvalue weighted by molar-refractivity contribution is 6.08. The molecule has 0 saturated carbocycles. The summed E-state index contributed by atoms with van der Waals surface area (Å²) in [5, 5.41) is 14.2. The van der Waals surface area contributed by atoms with Crippen LogP contribution in [0.1, 0.15) is 12.0 Å². The van der Waals surface area contributed by atoms with Crippen LogP contribution in [0.25, 0.3) is 21.5 Å². The lowest BCUT2D eigenvalue weighted by Gasteiger charge is -2.08. The average molecular weight is 236 g/mol. The van der Waals surface area contributed by atoms with E-state index >= 15 is 0 Å². The molecule has 0 spiro atoms. The molecule has 1 nitrogen and oxygen atoms in total. The standard InChI is InChI=1S/C17H16O/c18-12-4-7-13-6-3-9-17-15-8-2-1-5-14(15)10-11-16(13)17/h1-3,5-6,8-11,18H,4,7,12H2. The Bertz CT molecular complexity index is 685. The molecule has 0 unspecified atom stereocenters. The summed E-state index contributed by atoms with van der Waals surface area (Å²) in [7, 11) is 0. The van der Waals surface area contributed by atoms with Crippen LogP contribution in [0.5, 0.6) is 0 Å². The molecule has 3 rings (SSSR count). The Morgan fingerprint density at radius 3 is 2.44 bits per heavy atom. The fourth-order valence-corrected chi connectivity index (χ4v) is 2.59. The van der Waals surface area contributed by atoms with Crippen LogP contribution < -0.4 is 0 Å². The van der Waals surface area contributed by atoms with E-state index in [9.17, 15) is 0 Å². The molecular weight excluding hydrogens is 220 g/mol. The van der Waals surface area contributed by atoms with E-state index in [4.69, 9.17) is 5.11 Å². The smallest absolute Gasteiger partial charge is 0.0434 e. The molecule has 1 heteroatoms. The van der Waals surface area contributed by atoms with Crippen LogP contribution in [-0.2, 0) is 6.42 Å². The molecule has 18 heavy (non-hydrogen) atoms. The maximum atomic E-state index is 8.97. The molecule has 0 aliphatic rings. The van der Waals surface area contributed by atoms with E-state index < -0.39 is 0 Å². The summed E-state index contributed by atoms with van der Waals surface area (Å²) >= 11 is 0. The van der Waals surface area contributed by atoms with Gasteiger partial charge in [0.05, 0.1) is 0 Å². The van der Waals surface area contributed by atoms with Crippen molar-refractivity contribution in [2.45, 2.75) is 12.8 Å². The highest BCUT2D eigenvalue weighted by atomic mass is 16.2. The normalized spacial score (nSPS) is 11.2. The largest absolute Gasteiger partial charge is 0.396 e. The zero-order chi connectivity index (χ0) is 12.4. The van der Waals surface area contributed by atoms with Gasteiger partial charge in [-0.2, -0.15) is 0 Å². The van der Waals surface area contributed by atoms with Crippen molar-refractivity contribution in [1.82, 2.24) is 0 Å². The lowest BCUT2D eigenvalue weighted by Crippen LogP contribution is -1.91. The molecule has 0 aliphatic heterocycles. The Hall–Kier alpha value is -1.86. The molecule has 0 amide bonds. The maximum Gasteiger partial charge on any atom is 0.0434 e. The van der Waals surface area contributed by atoms with Crippen molar-refractivity contribution in [3.63, 3.8) is 0 Å². The third-order valence-electron chi connectivity index (χ3n) is 3.48. The SMILES string of the molecule is OCCCc1cccc2c1ccc1ccccc12. The summed E-state index contributed by atoms with van der Waals surface area (Å²) in [5.74, 6) is 0. The van der Waals surface area contributed by atoms with Gasteiger partial charge in [0.15, 0.2) is 0 Å². The first kappa shape index (κ1) is 11.2. The van der Waals surface area contributed by atoms with Crippen molar-refractivity contribution < 1.29 is 5.11 Å². The van der Waals surface area contributed by atoms with Crippen molar-refractivity contribution in [2.24, 2.45) is 0 Å². The predicted molar refractivity (Wildman–Crippen MR) is 76.9 cm³/mol. The molecule has 0 aliphatic carbocycles. The minimum Gasteiger partial charge on any atom is -0.396 e. The second-order valence-electron chi connectivity index (χ2n) is 4.63. The zero-order valence-electron chi connectivity index (χ0n) is 10.3. The topological polar surface area (TPSA) is 20.2 Å². The van der Waals surface area contributed by atoms with E-state index in [0.29, 0.717) is 0 Å². The van der Waals surface area contributed by atoms with E-state index in [-0.39, 0.29) is 6.61 Å². The minimum absolute atomic E-state index is 0.254. The predicted octanol–water partition coefficient (Wildman–Crippen LogP) is 3.92. The first-order valence-corrected chi connectivity index (χ1v) is 6.40. The highest BCUT2D eigenvalue weighted by Crippen LogP contribution is 2.28. The number of aliphatic hydroxyl groups excluding tert-OH is 1. The molecule has 0 aromatic heterocycles. The van der Waals surface area contributed by atoms with Gasteiger partial charge in [-0.25, -0.2) is 0 Å². The van der Waals surface area contributed by atoms with E-state index in [1.807, 2.05) is 0 Å². The summed E-state index contributed by atoms with van der Waals surface area (Å²) < 4.78 is 0. The number of hydrogen-bond donors (Lipinski definition) is 1. The van der Waals surface area contributed by atoms with Gasteiger partial charge in [-0.3, -0.25) is 0 Å². The Morgan fingerprint density at radius 1 is 0.722 bits per heavy atom. The van der Waals surface area contributed by atoms with Gasteiger partial charge in [-0.15, -0.1) is 0 Å². The van der Waals surface area contributed by atoms with Crippen LogP contribution in [-0.4, -0.2) is 11.7 Å². The number of fused-ring (bicyclic) bond motifs is 3. The quantitative estimate of drug-likeness (QED) is 0.683. The number of rotatable bonds is 3. The molecule has 3 aromatic rings. The Labute approximate surface area is 107 Å². The average Bonchev–Trinajstić information content (AvgIpc) is 2.44. The van der Waals surface area contributed by atoms with Crippen LogP contribution in [0.3, 0.4) is 0 Å². The molecule has 90 valence electrons. The lowest BCUT2D eigenvalue weighted by atomic mass is 9.96. The first-order chi connectivity index (χ1) is 8.90. The summed E-state index contributed by atoms with van der Waals surface area (Å²) in [5.41, 5.74) is 1.33. The van der Waals surface area contributed by atoms with Gasteiger partial charge in [0.2, 0.25) is 0 Å². The van der Waals surface area contributed by atoms with Crippen molar-refractivity contribution in [3.8, 4) is 0 Å². The van der Waals surface area contributed by atoms with Crippen LogP contribution in [0.4, 0.5) is 0 Å². The molecule has 3 aromatic carbocycles. The van der Waals surface area contributed by atoms with E-state index in [1.54, 1.807) is 0 Å². The van der Waals surface area contributed by atoms with Gasteiger partial charge in [0.25, 0.3) is 0 Å². The lowest BCUT2D eigenvalue weighted by molar-refractivity contribution is 0.289. The Kier molecular flexibility index (Phi) is 2.99. The van der Waals surface area contributed by atoms with Crippen LogP contribution in [0.2, 0.25) is 0 Å². The van der Waals surface area contributed by atoms with E-state index in [1.165, 1.54) is 27.1 Å². The number of aryl methyl sites for hydroxylation is 1. The van der Waals surface area contributed by atoms with Gasteiger partial charge >= 0.3 is 0 Å². The molecule has 0 atom stereocenters. The molecule has 0 bridgehead atoms. The summed E-state index contributed by atoms with van der Waals surface area (Å²) in [4.78, 5) is 0. The van der Waals surface area contributed by atoms with Crippen molar-refractivity contribution >= 4 is 21.5 Å². The van der Waals surface area contributed by atoms with Gasteiger partial charge in [-0.1, -0.05) is 54.6 Å². The Balaban J connectivity index is 2.26. The fraction of sp³-hybridized carbons (Fsp3) is 0.176. The number of aliphatic hydroxyl groups is 1. The third-order valence-corrected chi connectivity index (χ3v) is 3.48. The van der Waals surface area contributed by atoms with Crippen molar-refractivity contribution in [1.29, 1.82) is 0 Å².